The maximum atomic E-state index is 10.4. The van der Waals surface area contributed by atoms with Gasteiger partial charge >= 0.3 is 5.97 Å². The molecule has 2 aromatic carbocycles. The molecule has 1 atom stereocenters. The molecule has 0 saturated heterocycles. The molecule has 0 saturated carbocycles. The number of carboxylic acid groups (broad SMARTS) is 1. The molecule has 0 bridgehead atoms. The largest absolute Gasteiger partial charge is 0.494 e. The average molecular weight is 445 g/mol. The van der Waals surface area contributed by atoms with E-state index in [0.717, 1.165) is 49.0 Å². The topological polar surface area (TPSA) is 96.2 Å². The number of unbranched alkanes of at least 4 members (excludes halogenated alkanes) is 7. The first-order valence-corrected chi connectivity index (χ1v) is 11.6. The van der Waals surface area contributed by atoms with Crippen LogP contribution in [0, 0.1) is 0 Å². The van der Waals surface area contributed by atoms with Crippen LogP contribution in [0.1, 0.15) is 57.8 Å². The molecule has 32 heavy (non-hydrogen) atoms. The van der Waals surface area contributed by atoms with E-state index in [4.69, 9.17) is 19.7 Å². The molecule has 3 N–H and O–H groups in total. The van der Waals surface area contributed by atoms with Gasteiger partial charge in [0.15, 0.2) is 0 Å². The molecule has 0 aliphatic heterocycles. The predicted molar refractivity (Wildman–Crippen MR) is 125 cm³/mol. The third-order valence-corrected chi connectivity index (χ3v) is 5.25. The second-order valence-corrected chi connectivity index (χ2v) is 8.02. The number of benzene rings is 2. The third kappa shape index (κ3) is 10.6. The Morgan fingerprint density at radius 3 is 1.69 bits per heavy atom. The Labute approximate surface area is 190 Å². The molecular formula is C26H36O6. The lowest BCUT2D eigenvalue weighted by atomic mass is 10.1. The number of hydrogen-bond acceptors (Lipinski definition) is 5. The van der Waals surface area contributed by atoms with Crippen molar-refractivity contribution in [1.29, 1.82) is 0 Å². The van der Waals surface area contributed by atoms with Gasteiger partial charge in [-0.25, -0.2) is 0 Å². The number of carbonyl (C=O) groups is 1. The van der Waals surface area contributed by atoms with E-state index in [1.54, 1.807) is 0 Å². The molecule has 0 amide bonds. The fourth-order valence-electron chi connectivity index (χ4n) is 3.36. The Morgan fingerprint density at radius 2 is 1.19 bits per heavy atom. The fourth-order valence-corrected chi connectivity index (χ4v) is 3.36. The SMILES string of the molecule is O=C(O)CCCCCCCCCCOc1ccc(-c2ccc(OCC(O)CO)cc2)cc1. The predicted octanol–water partition coefficient (Wildman–Crippen LogP) is 5.06. The normalized spacial score (nSPS) is 11.8. The third-order valence-electron chi connectivity index (χ3n) is 5.25. The summed E-state index contributed by atoms with van der Waals surface area (Å²) >= 11 is 0. The zero-order chi connectivity index (χ0) is 23.0. The summed E-state index contributed by atoms with van der Waals surface area (Å²) in [4.78, 5) is 10.4. The number of aliphatic hydroxyl groups excluding tert-OH is 2. The van der Waals surface area contributed by atoms with Crippen LogP contribution >= 0.6 is 0 Å². The van der Waals surface area contributed by atoms with Crippen LogP contribution in [0.2, 0.25) is 0 Å². The van der Waals surface area contributed by atoms with E-state index in [1.165, 1.54) is 19.3 Å². The van der Waals surface area contributed by atoms with Gasteiger partial charge in [0.05, 0.1) is 13.2 Å². The van der Waals surface area contributed by atoms with Gasteiger partial charge in [-0.2, -0.15) is 0 Å². The average Bonchev–Trinajstić information content (AvgIpc) is 2.81. The van der Waals surface area contributed by atoms with Gasteiger partial charge in [0.1, 0.15) is 24.2 Å². The van der Waals surface area contributed by atoms with Crippen molar-refractivity contribution >= 4 is 5.97 Å². The van der Waals surface area contributed by atoms with Crippen molar-refractivity contribution < 1.29 is 29.6 Å². The first-order chi connectivity index (χ1) is 15.6. The highest BCUT2D eigenvalue weighted by Gasteiger charge is 2.04. The minimum Gasteiger partial charge on any atom is -0.494 e. The molecule has 6 nitrogen and oxygen atoms in total. The fraction of sp³-hybridized carbons (Fsp3) is 0.500. The van der Waals surface area contributed by atoms with Gasteiger partial charge in [-0.15, -0.1) is 0 Å². The number of carboxylic acids is 1. The number of ether oxygens (including phenoxy) is 2. The molecule has 0 spiro atoms. The lowest BCUT2D eigenvalue weighted by Gasteiger charge is -2.11. The summed E-state index contributed by atoms with van der Waals surface area (Å²) in [6, 6.07) is 15.6. The molecule has 6 heteroatoms. The van der Waals surface area contributed by atoms with E-state index in [1.807, 2.05) is 48.5 Å². The number of rotatable bonds is 17. The van der Waals surface area contributed by atoms with Gasteiger partial charge in [-0.05, 0) is 48.2 Å². The first kappa shape index (κ1) is 25.7. The first-order valence-electron chi connectivity index (χ1n) is 11.6. The molecule has 0 fully saturated rings. The summed E-state index contributed by atoms with van der Waals surface area (Å²) in [5.74, 6) is 0.821. The van der Waals surface area contributed by atoms with Crippen molar-refractivity contribution in [2.75, 3.05) is 19.8 Å². The van der Waals surface area contributed by atoms with Gasteiger partial charge in [0.2, 0.25) is 0 Å². The summed E-state index contributed by atoms with van der Waals surface area (Å²) in [6.45, 7) is 0.463. The van der Waals surface area contributed by atoms with Crippen molar-refractivity contribution in [1.82, 2.24) is 0 Å². The summed E-state index contributed by atoms with van der Waals surface area (Å²) in [7, 11) is 0. The van der Waals surface area contributed by atoms with Gasteiger partial charge < -0.3 is 24.8 Å². The van der Waals surface area contributed by atoms with E-state index in [2.05, 4.69) is 0 Å². The van der Waals surface area contributed by atoms with E-state index >= 15 is 0 Å². The summed E-state index contributed by atoms with van der Waals surface area (Å²) < 4.78 is 11.3. The molecule has 2 aromatic rings. The Morgan fingerprint density at radius 1 is 0.719 bits per heavy atom. The van der Waals surface area contributed by atoms with Gasteiger partial charge in [0, 0.05) is 6.42 Å². The Hall–Kier alpha value is -2.57. The van der Waals surface area contributed by atoms with E-state index < -0.39 is 12.1 Å². The van der Waals surface area contributed by atoms with E-state index in [-0.39, 0.29) is 19.6 Å². The van der Waals surface area contributed by atoms with Gasteiger partial charge in [0.25, 0.3) is 0 Å². The highest BCUT2D eigenvalue weighted by atomic mass is 16.5. The monoisotopic (exact) mass is 444 g/mol. The summed E-state index contributed by atoms with van der Waals surface area (Å²) in [6.07, 6.45) is 8.10. The van der Waals surface area contributed by atoms with Crippen molar-refractivity contribution in [2.45, 2.75) is 63.9 Å². The zero-order valence-electron chi connectivity index (χ0n) is 18.7. The van der Waals surface area contributed by atoms with Crippen LogP contribution in [0.15, 0.2) is 48.5 Å². The van der Waals surface area contributed by atoms with Crippen molar-refractivity contribution in [3.63, 3.8) is 0 Å². The van der Waals surface area contributed by atoms with Crippen molar-refractivity contribution in [3.8, 4) is 22.6 Å². The highest BCUT2D eigenvalue weighted by Crippen LogP contribution is 2.25. The van der Waals surface area contributed by atoms with E-state index in [0.29, 0.717) is 12.4 Å². The molecule has 176 valence electrons. The molecule has 0 aromatic heterocycles. The molecule has 0 aliphatic rings. The Balaban J connectivity index is 1.58. The Kier molecular flexibility index (Phi) is 12.3. The minimum absolute atomic E-state index is 0.0660. The smallest absolute Gasteiger partial charge is 0.303 e. The molecule has 2 rings (SSSR count). The van der Waals surface area contributed by atoms with Crippen LogP contribution in [0.4, 0.5) is 0 Å². The summed E-state index contributed by atoms with van der Waals surface area (Å²) in [5, 5.41) is 26.8. The van der Waals surface area contributed by atoms with Gasteiger partial charge in [-0.3, -0.25) is 4.79 Å². The summed E-state index contributed by atoms with van der Waals surface area (Å²) in [5.41, 5.74) is 2.15. The number of aliphatic hydroxyl groups is 2. The second-order valence-electron chi connectivity index (χ2n) is 8.02. The van der Waals surface area contributed by atoms with Crippen LogP contribution < -0.4 is 9.47 Å². The second kappa shape index (κ2) is 15.3. The molecular weight excluding hydrogens is 408 g/mol. The Bertz CT molecular complexity index is 757. The maximum Gasteiger partial charge on any atom is 0.303 e. The van der Waals surface area contributed by atoms with Crippen LogP contribution in [0.5, 0.6) is 11.5 Å². The van der Waals surface area contributed by atoms with Gasteiger partial charge in [-0.1, -0.05) is 62.8 Å². The van der Waals surface area contributed by atoms with Crippen molar-refractivity contribution in [2.24, 2.45) is 0 Å². The van der Waals surface area contributed by atoms with Crippen LogP contribution in [-0.4, -0.2) is 47.2 Å². The highest BCUT2D eigenvalue weighted by molar-refractivity contribution is 5.66. The van der Waals surface area contributed by atoms with Crippen molar-refractivity contribution in [3.05, 3.63) is 48.5 Å². The standard InChI is InChI=1S/C26H36O6/c27-19-23(28)20-32-25-16-12-22(13-17-25)21-10-14-24(15-11-21)31-18-8-6-4-2-1-3-5-7-9-26(29)30/h10-17,23,27-28H,1-9,18-20H2,(H,29,30). The van der Waals surface area contributed by atoms with Crippen LogP contribution in [-0.2, 0) is 4.79 Å². The quantitative estimate of drug-likeness (QED) is 0.295. The number of aliphatic carboxylic acids is 1. The lowest BCUT2D eigenvalue weighted by molar-refractivity contribution is -0.137. The zero-order valence-corrected chi connectivity index (χ0v) is 18.7. The molecule has 0 heterocycles. The molecule has 0 aliphatic carbocycles. The van der Waals surface area contributed by atoms with E-state index in [9.17, 15) is 9.90 Å². The number of hydrogen-bond donors (Lipinski definition) is 3. The van der Waals surface area contributed by atoms with Crippen LogP contribution in [0.3, 0.4) is 0 Å². The minimum atomic E-state index is -0.871. The molecule has 1 unspecified atom stereocenters. The lowest BCUT2D eigenvalue weighted by Crippen LogP contribution is -2.21. The molecule has 0 radical (unpaired) electrons. The maximum absolute atomic E-state index is 10.4. The van der Waals surface area contributed by atoms with Crippen LogP contribution in [0.25, 0.3) is 11.1 Å².